The first-order valence-electron chi connectivity index (χ1n) is 5.20. The first-order chi connectivity index (χ1) is 7.83. The molecular weight excluding hydrogens is 220 g/mol. The molecule has 0 aliphatic heterocycles. The molecule has 0 unspecified atom stereocenters. The molecule has 0 amide bonds. The summed E-state index contributed by atoms with van der Waals surface area (Å²) in [5, 5.41) is 6.01. The minimum absolute atomic E-state index is 0.694. The molecule has 1 aromatic carbocycles. The smallest absolute Gasteiger partial charge is 0.182 e. The third-order valence-corrected chi connectivity index (χ3v) is 3.04. The van der Waals surface area contributed by atoms with E-state index in [-0.39, 0.29) is 0 Å². The fraction of sp³-hybridized carbons (Fsp3) is 0.250. The minimum atomic E-state index is 0.694. The molecule has 0 radical (unpaired) electrons. The van der Waals surface area contributed by atoms with Crippen LogP contribution in [0.2, 0.25) is 0 Å². The Labute approximate surface area is 99.1 Å². The van der Waals surface area contributed by atoms with Gasteiger partial charge in [-0.25, -0.2) is 4.98 Å². The van der Waals surface area contributed by atoms with Crippen molar-refractivity contribution in [1.82, 2.24) is 4.98 Å². The van der Waals surface area contributed by atoms with Gasteiger partial charge in [0.2, 0.25) is 0 Å². The zero-order valence-electron chi connectivity index (χ0n) is 9.36. The molecule has 0 bridgehead atoms. The summed E-state index contributed by atoms with van der Waals surface area (Å²) in [7, 11) is 1.88. The van der Waals surface area contributed by atoms with Gasteiger partial charge in [0.15, 0.2) is 5.13 Å². The van der Waals surface area contributed by atoms with E-state index in [1.165, 1.54) is 0 Å². The Morgan fingerprint density at radius 2 is 2.06 bits per heavy atom. The summed E-state index contributed by atoms with van der Waals surface area (Å²) in [6, 6.07) is 7.99. The molecule has 1 heterocycles. The molecule has 1 N–H and O–H groups in total. The predicted molar refractivity (Wildman–Crippen MR) is 68.3 cm³/mol. The van der Waals surface area contributed by atoms with Crippen LogP contribution < -0.4 is 10.1 Å². The van der Waals surface area contributed by atoms with Crippen molar-refractivity contribution < 1.29 is 4.74 Å². The number of hydrogen-bond acceptors (Lipinski definition) is 4. The third kappa shape index (κ3) is 2.33. The number of aromatic nitrogens is 1. The number of thiazole rings is 1. The monoisotopic (exact) mass is 234 g/mol. The second-order valence-corrected chi connectivity index (χ2v) is 4.10. The van der Waals surface area contributed by atoms with E-state index in [0.717, 1.165) is 22.1 Å². The molecule has 0 aliphatic carbocycles. The van der Waals surface area contributed by atoms with E-state index < -0.39 is 0 Å². The van der Waals surface area contributed by atoms with Crippen LogP contribution >= 0.6 is 11.3 Å². The largest absolute Gasteiger partial charge is 0.494 e. The van der Waals surface area contributed by atoms with Crippen LogP contribution in [0.1, 0.15) is 6.92 Å². The van der Waals surface area contributed by atoms with Crippen LogP contribution in [-0.2, 0) is 0 Å². The summed E-state index contributed by atoms with van der Waals surface area (Å²) in [6.45, 7) is 2.67. The molecular formula is C12H14N2OS. The average Bonchev–Trinajstić information content (AvgIpc) is 2.79. The third-order valence-electron chi connectivity index (χ3n) is 2.18. The van der Waals surface area contributed by atoms with Crippen LogP contribution in [0, 0.1) is 0 Å². The van der Waals surface area contributed by atoms with Crippen molar-refractivity contribution >= 4 is 16.5 Å². The Bertz CT molecular complexity index is 450. The van der Waals surface area contributed by atoms with Crippen LogP contribution in [0.5, 0.6) is 5.75 Å². The first kappa shape index (κ1) is 11.0. The molecule has 0 aliphatic rings. The molecule has 3 nitrogen and oxygen atoms in total. The molecule has 84 valence electrons. The van der Waals surface area contributed by atoms with Gasteiger partial charge in [0.1, 0.15) is 5.75 Å². The van der Waals surface area contributed by atoms with Crippen molar-refractivity contribution in [3.63, 3.8) is 0 Å². The molecule has 0 fully saturated rings. The van der Waals surface area contributed by atoms with Gasteiger partial charge in [0, 0.05) is 18.0 Å². The van der Waals surface area contributed by atoms with Crippen LogP contribution in [0.4, 0.5) is 5.13 Å². The lowest BCUT2D eigenvalue weighted by molar-refractivity contribution is 0.340. The van der Waals surface area contributed by atoms with Gasteiger partial charge in [0.05, 0.1) is 12.3 Å². The number of ether oxygens (including phenoxy) is 1. The topological polar surface area (TPSA) is 34.1 Å². The van der Waals surface area contributed by atoms with Crippen molar-refractivity contribution in [2.24, 2.45) is 0 Å². The lowest BCUT2D eigenvalue weighted by Crippen LogP contribution is -1.90. The van der Waals surface area contributed by atoms with Crippen LogP contribution in [0.15, 0.2) is 29.6 Å². The van der Waals surface area contributed by atoms with Crippen molar-refractivity contribution in [2.75, 3.05) is 19.0 Å². The fourth-order valence-electron chi connectivity index (χ4n) is 1.41. The Morgan fingerprint density at radius 3 is 2.62 bits per heavy atom. The molecule has 0 saturated heterocycles. The molecule has 0 atom stereocenters. The zero-order valence-corrected chi connectivity index (χ0v) is 10.2. The van der Waals surface area contributed by atoms with Crippen LogP contribution in [0.3, 0.4) is 0 Å². The number of rotatable bonds is 4. The van der Waals surface area contributed by atoms with Crippen molar-refractivity contribution in [1.29, 1.82) is 0 Å². The van der Waals surface area contributed by atoms with Crippen molar-refractivity contribution in [3.05, 3.63) is 29.6 Å². The Morgan fingerprint density at radius 1 is 1.31 bits per heavy atom. The Hall–Kier alpha value is -1.55. The van der Waals surface area contributed by atoms with E-state index in [2.05, 4.69) is 10.3 Å². The number of anilines is 1. The first-order valence-corrected chi connectivity index (χ1v) is 6.08. The summed E-state index contributed by atoms with van der Waals surface area (Å²) in [5.74, 6) is 0.898. The highest BCUT2D eigenvalue weighted by Crippen LogP contribution is 2.26. The number of nitrogens with zero attached hydrogens (tertiary/aromatic N) is 1. The maximum Gasteiger partial charge on any atom is 0.182 e. The fourth-order valence-corrected chi connectivity index (χ4v) is 2.09. The number of nitrogens with one attached hydrogen (secondary N) is 1. The second-order valence-electron chi connectivity index (χ2n) is 3.25. The van der Waals surface area contributed by atoms with E-state index in [0.29, 0.717) is 6.61 Å². The van der Waals surface area contributed by atoms with Gasteiger partial charge >= 0.3 is 0 Å². The van der Waals surface area contributed by atoms with Gasteiger partial charge in [0.25, 0.3) is 0 Å². The number of hydrogen-bond donors (Lipinski definition) is 1. The summed E-state index contributed by atoms with van der Waals surface area (Å²) < 4.78 is 5.39. The van der Waals surface area contributed by atoms with E-state index in [4.69, 9.17) is 4.74 Å². The average molecular weight is 234 g/mol. The van der Waals surface area contributed by atoms with Crippen molar-refractivity contribution in [3.8, 4) is 17.0 Å². The molecule has 0 spiro atoms. The summed E-state index contributed by atoms with van der Waals surface area (Å²) in [5.41, 5.74) is 2.11. The van der Waals surface area contributed by atoms with E-state index in [1.54, 1.807) is 11.3 Å². The highest BCUT2D eigenvalue weighted by molar-refractivity contribution is 7.14. The molecule has 16 heavy (non-hydrogen) atoms. The lowest BCUT2D eigenvalue weighted by Gasteiger charge is -2.03. The highest BCUT2D eigenvalue weighted by Gasteiger charge is 2.03. The van der Waals surface area contributed by atoms with E-state index in [9.17, 15) is 0 Å². The minimum Gasteiger partial charge on any atom is -0.494 e. The van der Waals surface area contributed by atoms with Crippen LogP contribution in [-0.4, -0.2) is 18.6 Å². The summed E-state index contributed by atoms with van der Waals surface area (Å²) in [4.78, 5) is 4.44. The predicted octanol–water partition coefficient (Wildman–Crippen LogP) is 3.25. The van der Waals surface area contributed by atoms with Gasteiger partial charge in [-0.15, -0.1) is 11.3 Å². The SMILES string of the molecule is CCOc1ccc(-c2csc(NC)n2)cc1. The molecule has 1 aromatic heterocycles. The Balaban J connectivity index is 2.20. The van der Waals surface area contributed by atoms with E-state index in [1.807, 2.05) is 43.6 Å². The van der Waals surface area contributed by atoms with Crippen LogP contribution in [0.25, 0.3) is 11.3 Å². The van der Waals surface area contributed by atoms with Gasteiger partial charge < -0.3 is 10.1 Å². The Kier molecular flexibility index (Phi) is 3.41. The maximum atomic E-state index is 5.39. The van der Waals surface area contributed by atoms with Gasteiger partial charge in [-0.05, 0) is 31.2 Å². The molecule has 2 aromatic rings. The standard InChI is InChI=1S/C12H14N2OS/c1-3-15-10-6-4-9(5-7-10)11-8-16-12(13-2)14-11/h4-8H,3H2,1-2H3,(H,13,14). The van der Waals surface area contributed by atoms with Gasteiger partial charge in [-0.2, -0.15) is 0 Å². The van der Waals surface area contributed by atoms with Crippen molar-refractivity contribution in [2.45, 2.75) is 6.92 Å². The van der Waals surface area contributed by atoms with E-state index >= 15 is 0 Å². The molecule has 4 heteroatoms. The normalized spacial score (nSPS) is 10.1. The second kappa shape index (κ2) is 4.99. The zero-order chi connectivity index (χ0) is 11.4. The number of benzene rings is 1. The molecule has 0 saturated carbocycles. The maximum absolute atomic E-state index is 5.39. The summed E-state index contributed by atoms with van der Waals surface area (Å²) in [6.07, 6.45) is 0. The molecule has 2 rings (SSSR count). The highest BCUT2D eigenvalue weighted by atomic mass is 32.1. The quantitative estimate of drug-likeness (QED) is 0.881. The van der Waals surface area contributed by atoms with Gasteiger partial charge in [-0.3, -0.25) is 0 Å². The lowest BCUT2D eigenvalue weighted by atomic mass is 10.2. The summed E-state index contributed by atoms with van der Waals surface area (Å²) >= 11 is 1.61. The van der Waals surface area contributed by atoms with Gasteiger partial charge in [-0.1, -0.05) is 0 Å².